The molecule has 2 amide bonds. The smallest absolute Gasteiger partial charge is 0.408 e. The molecule has 2 atom stereocenters. The Kier molecular flexibility index (Phi) is 7.48. The van der Waals surface area contributed by atoms with Crippen molar-refractivity contribution in [2.45, 2.75) is 52.3 Å². The average Bonchev–Trinajstić information content (AvgIpc) is 2.96. The van der Waals surface area contributed by atoms with Crippen LogP contribution in [-0.4, -0.2) is 49.2 Å². The van der Waals surface area contributed by atoms with E-state index in [1.54, 1.807) is 27.0 Å². The summed E-state index contributed by atoms with van der Waals surface area (Å²) in [4.78, 5) is 26.5. The zero-order valence-electron chi connectivity index (χ0n) is 16.3. The van der Waals surface area contributed by atoms with Crippen molar-refractivity contribution in [1.82, 2.24) is 15.5 Å². The van der Waals surface area contributed by atoms with Crippen LogP contribution < -0.4 is 10.6 Å². The van der Waals surface area contributed by atoms with Crippen LogP contribution in [0, 0.1) is 5.92 Å². The lowest BCUT2D eigenvalue weighted by atomic mass is 10.0. The first-order chi connectivity index (χ1) is 11.5. The maximum atomic E-state index is 12.6. The average molecular weight is 353 g/mol. The molecule has 0 aliphatic carbocycles. The number of carbonyl (C=O) groups excluding carboxylic acids is 2. The van der Waals surface area contributed by atoms with Crippen molar-refractivity contribution in [1.29, 1.82) is 0 Å². The Balaban J connectivity index is 2.68. The molecule has 0 fully saturated rings. The number of ether oxygens (including phenoxy) is 1. The first-order valence-corrected chi connectivity index (χ1v) is 8.48. The largest absolute Gasteiger partial charge is 0.468 e. The van der Waals surface area contributed by atoms with Crippen LogP contribution in [0.5, 0.6) is 0 Å². The molecule has 1 heterocycles. The van der Waals surface area contributed by atoms with Gasteiger partial charge in [-0.25, -0.2) is 4.79 Å². The normalized spacial score (nSPS) is 14.3. The van der Waals surface area contributed by atoms with Crippen LogP contribution >= 0.6 is 0 Å². The number of amides is 2. The summed E-state index contributed by atoms with van der Waals surface area (Å²) in [5, 5.41) is 5.54. The summed E-state index contributed by atoms with van der Waals surface area (Å²) in [6, 6.07) is 2.92. The molecule has 1 rings (SSSR count). The second-order valence-corrected chi connectivity index (χ2v) is 7.61. The molecule has 0 aromatic carbocycles. The summed E-state index contributed by atoms with van der Waals surface area (Å²) in [5.74, 6) is 0.444. The molecule has 1 aromatic rings. The van der Waals surface area contributed by atoms with Crippen LogP contribution in [0.4, 0.5) is 4.79 Å². The van der Waals surface area contributed by atoms with Crippen LogP contribution in [0.25, 0.3) is 0 Å². The number of hydrogen-bond donors (Lipinski definition) is 2. The van der Waals surface area contributed by atoms with Crippen molar-refractivity contribution in [3.8, 4) is 0 Å². The van der Waals surface area contributed by atoms with Crippen molar-refractivity contribution in [3.63, 3.8) is 0 Å². The molecule has 0 aliphatic rings. The monoisotopic (exact) mass is 353 g/mol. The van der Waals surface area contributed by atoms with Crippen molar-refractivity contribution >= 4 is 12.0 Å². The third-order valence-electron chi connectivity index (χ3n) is 3.59. The van der Waals surface area contributed by atoms with E-state index < -0.39 is 17.7 Å². The highest BCUT2D eigenvalue weighted by molar-refractivity contribution is 5.85. The number of furan rings is 1. The lowest BCUT2D eigenvalue weighted by molar-refractivity contribution is -0.124. The van der Waals surface area contributed by atoms with E-state index in [1.807, 2.05) is 45.0 Å². The van der Waals surface area contributed by atoms with Gasteiger partial charge in [-0.2, -0.15) is 0 Å². The fourth-order valence-corrected chi connectivity index (χ4v) is 2.30. The van der Waals surface area contributed by atoms with Crippen LogP contribution in [0.15, 0.2) is 22.8 Å². The highest BCUT2D eigenvalue weighted by Crippen LogP contribution is 2.17. The Bertz CT molecular complexity index is 547. The first-order valence-electron chi connectivity index (χ1n) is 8.48. The minimum Gasteiger partial charge on any atom is -0.468 e. The highest BCUT2D eigenvalue weighted by Gasteiger charge is 2.28. The minimum atomic E-state index is -0.672. The number of alkyl carbamates (subject to hydrolysis) is 1. The lowest BCUT2D eigenvalue weighted by Crippen LogP contribution is -2.51. The SMILES string of the molecule is CC(C)C(NC(=O)OC(C)(C)C)C(=O)NCC(c1ccco1)N(C)C. The van der Waals surface area contributed by atoms with Crippen LogP contribution in [0.3, 0.4) is 0 Å². The molecule has 2 unspecified atom stereocenters. The molecule has 0 bridgehead atoms. The number of carbonyl (C=O) groups is 2. The third kappa shape index (κ3) is 7.17. The van der Waals surface area contributed by atoms with Crippen LogP contribution in [0.1, 0.15) is 46.4 Å². The van der Waals surface area contributed by atoms with E-state index in [4.69, 9.17) is 9.15 Å². The summed E-state index contributed by atoms with van der Waals surface area (Å²) in [7, 11) is 3.83. The Hall–Kier alpha value is -2.02. The quantitative estimate of drug-likeness (QED) is 0.787. The highest BCUT2D eigenvalue weighted by atomic mass is 16.6. The van der Waals surface area contributed by atoms with Gasteiger partial charge in [0.05, 0.1) is 12.3 Å². The summed E-state index contributed by atoms with van der Waals surface area (Å²) >= 11 is 0. The van der Waals surface area contributed by atoms with Crippen molar-refractivity contribution in [2.24, 2.45) is 5.92 Å². The van der Waals surface area contributed by atoms with Gasteiger partial charge < -0.3 is 19.8 Å². The van der Waals surface area contributed by atoms with Gasteiger partial charge in [0.2, 0.25) is 5.91 Å². The Labute approximate surface area is 150 Å². The van der Waals surface area contributed by atoms with E-state index in [1.165, 1.54) is 0 Å². The topological polar surface area (TPSA) is 83.8 Å². The van der Waals surface area contributed by atoms with Gasteiger partial charge in [-0.05, 0) is 52.9 Å². The van der Waals surface area contributed by atoms with Crippen molar-refractivity contribution < 1.29 is 18.7 Å². The lowest BCUT2D eigenvalue weighted by Gasteiger charge is -2.27. The molecular formula is C18H31N3O4. The molecule has 7 heteroatoms. The predicted octanol–water partition coefficient (Wildman–Crippen LogP) is 2.55. The van der Waals surface area contributed by atoms with E-state index in [0.717, 1.165) is 5.76 Å². The van der Waals surface area contributed by atoms with E-state index in [2.05, 4.69) is 10.6 Å². The number of likely N-dealkylation sites (N-methyl/N-ethyl adjacent to an activating group) is 1. The van der Waals surface area contributed by atoms with Gasteiger partial charge in [-0.3, -0.25) is 9.69 Å². The fraction of sp³-hybridized carbons (Fsp3) is 0.667. The van der Waals surface area contributed by atoms with E-state index in [9.17, 15) is 9.59 Å². The van der Waals surface area contributed by atoms with Crippen molar-refractivity contribution in [2.75, 3.05) is 20.6 Å². The van der Waals surface area contributed by atoms with E-state index in [0.29, 0.717) is 6.54 Å². The zero-order valence-corrected chi connectivity index (χ0v) is 16.3. The molecule has 0 saturated carbocycles. The summed E-state index contributed by atoms with van der Waals surface area (Å²) in [5.41, 5.74) is -0.614. The van der Waals surface area contributed by atoms with Gasteiger partial charge in [-0.15, -0.1) is 0 Å². The Morgan fingerprint density at radius 2 is 1.92 bits per heavy atom. The Morgan fingerprint density at radius 3 is 2.36 bits per heavy atom. The Morgan fingerprint density at radius 1 is 1.28 bits per heavy atom. The second kappa shape index (κ2) is 8.89. The van der Waals surface area contributed by atoms with Gasteiger partial charge in [0, 0.05) is 6.54 Å². The number of rotatable bonds is 7. The molecule has 0 radical (unpaired) electrons. The van der Waals surface area contributed by atoms with Gasteiger partial charge in [0.1, 0.15) is 17.4 Å². The molecule has 0 aliphatic heterocycles. The van der Waals surface area contributed by atoms with Crippen LogP contribution in [-0.2, 0) is 9.53 Å². The predicted molar refractivity (Wildman–Crippen MR) is 96.1 cm³/mol. The second-order valence-electron chi connectivity index (χ2n) is 7.61. The standard InChI is InChI=1S/C18H31N3O4/c1-12(2)15(20-17(23)25-18(3,4)5)16(22)19-11-13(21(6)7)14-9-8-10-24-14/h8-10,12-13,15H,11H2,1-7H3,(H,19,22)(H,20,23). The van der Waals surface area contributed by atoms with E-state index >= 15 is 0 Å². The fourth-order valence-electron chi connectivity index (χ4n) is 2.30. The maximum Gasteiger partial charge on any atom is 0.408 e. The minimum absolute atomic E-state index is 0.0751. The number of nitrogens with zero attached hydrogens (tertiary/aromatic N) is 1. The van der Waals surface area contributed by atoms with Crippen molar-refractivity contribution in [3.05, 3.63) is 24.2 Å². The van der Waals surface area contributed by atoms with Gasteiger partial charge in [-0.1, -0.05) is 13.8 Å². The zero-order chi connectivity index (χ0) is 19.2. The molecule has 0 saturated heterocycles. The molecule has 2 N–H and O–H groups in total. The van der Waals surface area contributed by atoms with Gasteiger partial charge in [0.15, 0.2) is 0 Å². The van der Waals surface area contributed by atoms with Gasteiger partial charge in [0.25, 0.3) is 0 Å². The number of hydrogen-bond acceptors (Lipinski definition) is 5. The molecule has 7 nitrogen and oxygen atoms in total. The molecule has 0 spiro atoms. The molecule has 1 aromatic heterocycles. The maximum absolute atomic E-state index is 12.6. The summed E-state index contributed by atoms with van der Waals surface area (Å²) in [6.07, 6.45) is 1.01. The van der Waals surface area contributed by atoms with Gasteiger partial charge >= 0.3 is 6.09 Å². The summed E-state index contributed by atoms with van der Waals surface area (Å²) in [6.45, 7) is 9.46. The molecule has 25 heavy (non-hydrogen) atoms. The number of nitrogens with one attached hydrogen (secondary N) is 2. The van der Waals surface area contributed by atoms with E-state index in [-0.39, 0.29) is 17.9 Å². The summed E-state index contributed by atoms with van der Waals surface area (Å²) < 4.78 is 10.7. The van der Waals surface area contributed by atoms with Crippen LogP contribution in [0.2, 0.25) is 0 Å². The molecule has 142 valence electrons. The first kappa shape index (κ1) is 21.0. The molecular weight excluding hydrogens is 322 g/mol. The third-order valence-corrected chi connectivity index (χ3v) is 3.59.